The fraction of sp³-hybridized carbons (Fsp3) is 0.0800. The Morgan fingerprint density at radius 2 is 1.50 bits per heavy atom. The first-order valence-electron chi connectivity index (χ1n) is 10.0. The van der Waals surface area contributed by atoms with Gasteiger partial charge in [-0.15, -0.1) is 0 Å². The van der Waals surface area contributed by atoms with Crippen molar-refractivity contribution in [2.24, 2.45) is 0 Å². The summed E-state index contributed by atoms with van der Waals surface area (Å²) in [5.41, 5.74) is 2.78. The van der Waals surface area contributed by atoms with Crippen LogP contribution in [-0.4, -0.2) is 17.8 Å². The number of ether oxygens (including phenoxy) is 1. The summed E-state index contributed by atoms with van der Waals surface area (Å²) in [6.07, 6.45) is 0. The molecule has 0 unspecified atom stereocenters. The van der Waals surface area contributed by atoms with Gasteiger partial charge in [-0.25, -0.2) is 9.69 Å². The van der Waals surface area contributed by atoms with Gasteiger partial charge in [0.1, 0.15) is 16.5 Å². The van der Waals surface area contributed by atoms with E-state index in [0.29, 0.717) is 22.0 Å². The first kappa shape index (κ1) is 23.8. The number of carbonyl (C=O) groups excluding carboxylic acids is 3. The lowest BCUT2D eigenvalue weighted by Gasteiger charge is -2.16. The molecule has 0 bridgehead atoms. The van der Waals surface area contributed by atoms with Crippen LogP contribution in [0.15, 0.2) is 71.4 Å². The minimum absolute atomic E-state index is 0.108. The number of anilines is 2. The maximum Gasteiger partial charge on any atom is 0.343 e. The topological polar surface area (TPSA) is 75.7 Å². The van der Waals surface area contributed by atoms with E-state index in [1.807, 2.05) is 19.9 Å². The second-order valence-electron chi connectivity index (χ2n) is 7.65. The highest BCUT2D eigenvalue weighted by atomic mass is 35.5. The Labute approximate surface area is 210 Å². The quantitative estimate of drug-likeness (QED) is 0.246. The molecule has 9 heteroatoms. The zero-order chi connectivity index (χ0) is 24.6. The van der Waals surface area contributed by atoms with E-state index in [9.17, 15) is 14.4 Å². The predicted octanol–water partition coefficient (Wildman–Crippen LogP) is 6.27. The van der Waals surface area contributed by atoms with E-state index in [1.165, 1.54) is 30.3 Å². The Balaban J connectivity index is 1.50. The van der Waals surface area contributed by atoms with Crippen LogP contribution in [0.3, 0.4) is 0 Å². The Bertz CT molecular complexity index is 1350. The van der Waals surface area contributed by atoms with Gasteiger partial charge in [-0.1, -0.05) is 40.9 Å². The van der Waals surface area contributed by atoms with Crippen molar-refractivity contribution >= 4 is 64.0 Å². The fourth-order valence-corrected chi connectivity index (χ4v) is 4.19. The second kappa shape index (κ2) is 9.50. The summed E-state index contributed by atoms with van der Waals surface area (Å²) in [4.78, 5) is 38.9. The fourth-order valence-electron chi connectivity index (χ4n) is 3.48. The van der Waals surface area contributed by atoms with Gasteiger partial charge >= 0.3 is 5.97 Å². The summed E-state index contributed by atoms with van der Waals surface area (Å²) in [5.74, 6) is -1.45. The number of carbonyl (C=O) groups is 3. The molecule has 0 atom stereocenters. The highest BCUT2D eigenvalue weighted by Crippen LogP contribution is 2.35. The van der Waals surface area contributed by atoms with E-state index in [2.05, 4.69) is 5.32 Å². The standard InChI is InChI=1S/C25H17Cl3N2O4/c1-13-9-14(2)11-18(10-13)34-25(33)15-3-6-17(7-4-15)29-22-21(28)23(31)30(24(22)32)20-8-5-16(26)12-19(20)27/h3-12,29H,1-2H3. The zero-order valence-corrected chi connectivity index (χ0v) is 20.3. The van der Waals surface area contributed by atoms with Crippen LogP contribution in [0.5, 0.6) is 5.75 Å². The van der Waals surface area contributed by atoms with Crippen LogP contribution < -0.4 is 15.0 Å². The number of esters is 1. The number of nitrogens with one attached hydrogen (secondary N) is 1. The monoisotopic (exact) mass is 514 g/mol. The van der Waals surface area contributed by atoms with E-state index < -0.39 is 17.8 Å². The largest absolute Gasteiger partial charge is 0.423 e. The van der Waals surface area contributed by atoms with E-state index in [0.717, 1.165) is 16.0 Å². The number of nitrogens with zero attached hydrogens (tertiary/aromatic N) is 1. The molecule has 1 N–H and O–H groups in total. The molecule has 0 radical (unpaired) electrons. The predicted molar refractivity (Wildman–Crippen MR) is 133 cm³/mol. The van der Waals surface area contributed by atoms with Crippen LogP contribution in [0.2, 0.25) is 10.0 Å². The van der Waals surface area contributed by atoms with E-state index in [-0.39, 0.29) is 21.4 Å². The van der Waals surface area contributed by atoms with Crippen LogP contribution in [0.25, 0.3) is 0 Å². The molecule has 2 amide bonds. The molecular formula is C25H17Cl3N2O4. The van der Waals surface area contributed by atoms with Crippen molar-refractivity contribution in [3.63, 3.8) is 0 Å². The first-order valence-corrected chi connectivity index (χ1v) is 11.2. The van der Waals surface area contributed by atoms with Gasteiger partial charge in [-0.05, 0) is 79.6 Å². The van der Waals surface area contributed by atoms with E-state index >= 15 is 0 Å². The van der Waals surface area contributed by atoms with Gasteiger partial charge in [-0.2, -0.15) is 0 Å². The van der Waals surface area contributed by atoms with Gasteiger partial charge in [0.15, 0.2) is 0 Å². The van der Waals surface area contributed by atoms with E-state index in [4.69, 9.17) is 39.5 Å². The van der Waals surface area contributed by atoms with Crippen molar-refractivity contribution in [3.05, 3.63) is 98.1 Å². The molecule has 0 spiro atoms. The van der Waals surface area contributed by atoms with Crippen molar-refractivity contribution in [2.45, 2.75) is 13.8 Å². The average Bonchev–Trinajstić information content (AvgIpc) is 2.97. The lowest BCUT2D eigenvalue weighted by Crippen LogP contribution is -2.32. The maximum atomic E-state index is 12.9. The number of benzene rings is 3. The lowest BCUT2D eigenvalue weighted by atomic mass is 10.1. The van der Waals surface area contributed by atoms with Gasteiger partial charge in [0, 0.05) is 10.7 Å². The van der Waals surface area contributed by atoms with Crippen LogP contribution in [0.1, 0.15) is 21.5 Å². The van der Waals surface area contributed by atoms with Crippen LogP contribution in [0, 0.1) is 13.8 Å². The summed E-state index contributed by atoms with van der Waals surface area (Å²) >= 11 is 18.2. The maximum absolute atomic E-state index is 12.9. The number of halogens is 3. The van der Waals surface area contributed by atoms with Crippen molar-refractivity contribution in [1.29, 1.82) is 0 Å². The number of hydrogen-bond donors (Lipinski definition) is 1. The second-order valence-corrected chi connectivity index (χ2v) is 8.87. The Hall–Kier alpha value is -3.32. The van der Waals surface area contributed by atoms with Gasteiger partial charge in [0.25, 0.3) is 11.8 Å². The Kier molecular flexibility index (Phi) is 6.66. The molecule has 172 valence electrons. The number of aryl methyl sites for hydroxylation is 2. The molecule has 3 aromatic carbocycles. The summed E-state index contributed by atoms with van der Waals surface area (Å²) < 4.78 is 5.45. The molecule has 6 nitrogen and oxygen atoms in total. The highest BCUT2D eigenvalue weighted by Gasteiger charge is 2.39. The number of hydrogen-bond acceptors (Lipinski definition) is 5. The minimum Gasteiger partial charge on any atom is -0.423 e. The molecule has 1 aliphatic heterocycles. The molecule has 0 saturated carbocycles. The molecule has 0 aromatic heterocycles. The zero-order valence-electron chi connectivity index (χ0n) is 18.0. The normalized spacial score (nSPS) is 13.5. The summed E-state index contributed by atoms with van der Waals surface area (Å²) in [6, 6.07) is 16.2. The highest BCUT2D eigenvalue weighted by molar-refractivity contribution is 6.53. The molecule has 34 heavy (non-hydrogen) atoms. The third kappa shape index (κ3) is 4.80. The van der Waals surface area contributed by atoms with Crippen LogP contribution in [0.4, 0.5) is 11.4 Å². The number of rotatable bonds is 5. The van der Waals surface area contributed by atoms with Crippen molar-refractivity contribution < 1.29 is 19.1 Å². The third-order valence-corrected chi connectivity index (χ3v) is 5.86. The summed E-state index contributed by atoms with van der Waals surface area (Å²) in [7, 11) is 0. The minimum atomic E-state index is -0.716. The average molecular weight is 516 g/mol. The molecule has 0 saturated heterocycles. The number of imide groups is 1. The first-order chi connectivity index (χ1) is 16.1. The van der Waals surface area contributed by atoms with Crippen molar-refractivity contribution in [1.82, 2.24) is 0 Å². The van der Waals surface area contributed by atoms with E-state index in [1.54, 1.807) is 24.3 Å². The Morgan fingerprint density at radius 1 is 0.853 bits per heavy atom. The molecular weight excluding hydrogens is 499 g/mol. The van der Waals surface area contributed by atoms with Crippen molar-refractivity contribution in [2.75, 3.05) is 10.2 Å². The lowest BCUT2D eigenvalue weighted by molar-refractivity contribution is -0.120. The molecule has 3 aromatic rings. The van der Waals surface area contributed by atoms with Gasteiger partial charge in [0.2, 0.25) is 0 Å². The van der Waals surface area contributed by atoms with Crippen LogP contribution in [-0.2, 0) is 9.59 Å². The molecule has 0 fully saturated rings. The van der Waals surface area contributed by atoms with Gasteiger partial charge in [-0.3, -0.25) is 9.59 Å². The third-order valence-electron chi connectivity index (χ3n) is 4.97. The SMILES string of the molecule is Cc1cc(C)cc(OC(=O)c2ccc(NC3=C(Cl)C(=O)N(c4ccc(Cl)cc4Cl)C3=O)cc2)c1. The Morgan fingerprint density at radius 3 is 2.12 bits per heavy atom. The van der Waals surface area contributed by atoms with Crippen molar-refractivity contribution in [3.8, 4) is 5.75 Å². The van der Waals surface area contributed by atoms with Gasteiger partial charge in [0.05, 0.1) is 16.3 Å². The molecule has 1 heterocycles. The summed E-state index contributed by atoms with van der Waals surface area (Å²) in [5, 5.41) is 3.06. The molecule has 4 rings (SSSR count). The smallest absolute Gasteiger partial charge is 0.343 e. The van der Waals surface area contributed by atoms with Gasteiger partial charge < -0.3 is 10.1 Å². The summed E-state index contributed by atoms with van der Waals surface area (Å²) in [6.45, 7) is 3.84. The molecule has 1 aliphatic rings. The van der Waals surface area contributed by atoms with Crippen LogP contribution >= 0.6 is 34.8 Å². The molecule has 0 aliphatic carbocycles. The number of amides is 2.